The van der Waals surface area contributed by atoms with Gasteiger partial charge in [0.05, 0.1) is 12.8 Å². The third-order valence-electron chi connectivity index (χ3n) is 4.58. The number of aromatic nitrogens is 1. The van der Waals surface area contributed by atoms with E-state index in [4.69, 9.17) is 10.5 Å². The molecule has 0 saturated carbocycles. The molecule has 0 unspecified atom stereocenters. The molecule has 0 radical (unpaired) electrons. The van der Waals surface area contributed by atoms with Gasteiger partial charge in [0.25, 0.3) is 5.91 Å². The van der Waals surface area contributed by atoms with E-state index in [1.807, 2.05) is 48.5 Å². The summed E-state index contributed by atoms with van der Waals surface area (Å²) in [5, 5.41) is 3.25. The smallest absolute Gasteiger partial charge is 0.277 e. The van der Waals surface area contributed by atoms with Crippen LogP contribution in [0, 0.1) is 0 Å². The second-order valence-corrected chi connectivity index (χ2v) is 6.33. The SMILES string of the molecule is COc1ccccc1Nc1cc(N)nc(C(=O)N2CCc3ccccc32)c1. The predicted molar refractivity (Wildman–Crippen MR) is 107 cm³/mol. The third kappa shape index (κ3) is 3.29. The van der Waals surface area contributed by atoms with Gasteiger partial charge in [0.1, 0.15) is 17.3 Å². The van der Waals surface area contributed by atoms with Gasteiger partial charge in [0.15, 0.2) is 0 Å². The van der Waals surface area contributed by atoms with Crippen LogP contribution in [0.5, 0.6) is 5.75 Å². The predicted octanol–water partition coefficient (Wildman–Crippen LogP) is 3.62. The Balaban J connectivity index is 1.64. The maximum Gasteiger partial charge on any atom is 0.277 e. The quantitative estimate of drug-likeness (QED) is 0.743. The summed E-state index contributed by atoms with van der Waals surface area (Å²) in [4.78, 5) is 19.0. The van der Waals surface area contributed by atoms with Crippen molar-refractivity contribution in [3.8, 4) is 5.75 Å². The van der Waals surface area contributed by atoms with Gasteiger partial charge in [0, 0.05) is 24.0 Å². The highest BCUT2D eigenvalue weighted by Crippen LogP contribution is 2.31. The van der Waals surface area contributed by atoms with Gasteiger partial charge in [-0.2, -0.15) is 0 Å². The lowest BCUT2D eigenvalue weighted by Gasteiger charge is -2.18. The van der Waals surface area contributed by atoms with E-state index in [0.29, 0.717) is 23.7 Å². The molecule has 3 aromatic rings. The number of benzene rings is 2. The fraction of sp³-hybridized carbons (Fsp3) is 0.143. The number of ether oxygens (including phenoxy) is 1. The minimum Gasteiger partial charge on any atom is -0.495 e. The Morgan fingerprint density at radius 3 is 2.78 bits per heavy atom. The number of nitrogens with one attached hydrogen (secondary N) is 1. The van der Waals surface area contributed by atoms with Crippen molar-refractivity contribution in [2.75, 3.05) is 29.6 Å². The monoisotopic (exact) mass is 360 g/mol. The fourth-order valence-electron chi connectivity index (χ4n) is 3.32. The summed E-state index contributed by atoms with van der Waals surface area (Å²) in [7, 11) is 1.61. The van der Waals surface area contributed by atoms with E-state index in [-0.39, 0.29) is 11.7 Å². The number of amides is 1. The minimum absolute atomic E-state index is 0.157. The molecule has 1 aliphatic rings. The molecule has 6 heteroatoms. The third-order valence-corrected chi connectivity index (χ3v) is 4.58. The Kier molecular flexibility index (Phi) is 4.38. The molecule has 6 nitrogen and oxygen atoms in total. The average molecular weight is 360 g/mol. The molecule has 0 atom stereocenters. The molecule has 0 saturated heterocycles. The number of carbonyl (C=O) groups excluding carboxylic acids is 1. The number of carbonyl (C=O) groups is 1. The number of nitrogen functional groups attached to an aromatic ring is 1. The Labute approximate surface area is 157 Å². The molecule has 2 heterocycles. The first-order chi connectivity index (χ1) is 13.2. The zero-order valence-electron chi connectivity index (χ0n) is 15.0. The van der Waals surface area contributed by atoms with Gasteiger partial charge in [-0.15, -0.1) is 0 Å². The van der Waals surface area contributed by atoms with Gasteiger partial charge in [-0.3, -0.25) is 4.79 Å². The molecule has 2 aromatic carbocycles. The van der Waals surface area contributed by atoms with Crippen molar-refractivity contribution in [3.05, 3.63) is 71.9 Å². The van der Waals surface area contributed by atoms with Crippen molar-refractivity contribution < 1.29 is 9.53 Å². The van der Waals surface area contributed by atoms with Crippen LogP contribution in [0.4, 0.5) is 22.9 Å². The first kappa shape index (κ1) is 16.9. The summed E-state index contributed by atoms with van der Waals surface area (Å²) in [6.07, 6.45) is 0.844. The highest BCUT2D eigenvalue weighted by Gasteiger charge is 2.26. The van der Waals surface area contributed by atoms with E-state index in [1.165, 1.54) is 5.56 Å². The maximum atomic E-state index is 13.0. The number of methoxy groups -OCH3 is 1. The lowest BCUT2D eigenvalue weighted by atomic mass is 10.2. The number of anilines is 4. The average Bonchev–Trinajstić information content (AvgIpc) is 3.11. The number of hydrogen-bond acceptors (Lipinski definition) is 5. The number of pyridine rings is 1. The summed E-state index contributed by atoms with van der Waals surface area (Å²) >= 11 is 0. The van der Waals surface area contributed by atoms with Gasteiger partial charge >= 0.3 is 0 Å². The number of rotatable bonds is 4. The summed E-state index contributed by atoms with van der Waals surface area (Å²) in [6, 6.07) is 18.9. The van der Waals surface area contributed by atoms with Crippen LogP contribution in [0.2, 0.25) is 0 Å². The largest absolute Gasteiger partial charge is 0.495 e. The summed E-state index contributed by atoms with van der Waals surface area (Å²) in [5.41, 5.74) is 9.85. The van der Waals surface area contributed by atoms with Gasteiger partial charge < -0.3 is 20.7 Å². The molecule has 4 rings (SSSR count). The molecular weight excluding hydrogens is 340 g/mol. The normalized spacial score (nSPS) is 12.6. The first-order valence-corrected chi connectivity index (χ1v) is 8.73. The molecule has 1 amide bonds. The Morgan fingerprint density at radius 1 is 1.15 bits per heavy atom. The van der Waals surface area contributed by atoms with Crippen LogP contribution in [-0.4, -0.2) is 24.5 Å². The van der Waals surface area contributed by atoms with Crippen LogP contribution in [0.25, 0.3) is 0 Å². The number of para-hydroxylation sites is 3. The van der Waals surface area contributed by atoms with Crippen LogP contribution in [0.3, 0.4) is 0 Å². The number of nitrogens with zero attached hydrogens (tertiary/aromatic N) is 2. The molecule has 0 spiro atoms. The van der Waals surface area contributed by atoms with Crippen molar-refractivity contribution >= 4 is 28.8 Å². The van der Waals surface area contributed by atoms with Crippen LogP contribution >= 0.6 is 0 Å². The van der Waals surface area contributed by atoms with Crippen molar-refractivity contribution in [2.45, 2.75) is 6.42 Å². The Bertz CT molecular complexity index is 1000. The number of nitrogens with two attached hydrogens (primary N) is 1. The van der Waals surface area contributed by atoms with E-state index in [2.05, 4.69) is 10.3 Å². The summed E-state index contributed by atoms with van der Waals surface area (Å²) in [6.45, 7) is 0.643. The van der Waals surface area contributed by atoms with E-state index in [1.54, 1.807) is 24.1 Å². The first-order valence-electron chi connectivity index (χ1n) is 8.73. The van der Waals surface area contributed by atoms with Crippen molar-refractivity contribution in [3.63, 3.8) is 0 Å². The van der Waals surface area contributed by atoms with Crippen molar-refractivity contribution in [2.24, 2.45) is 0 Å². The molecule has 27 heavy (non-hydrogen) atoms. The molecule has 0 fully saturated rings. The Morgan fingerprint density at radius 2 is 1.93 bits per heavy atom. The molecule has 1 aromatic heterocycles. The van der Waals surface area contributed by atoms with Crippen LogP contribution in [0.1, 0.15) is 16.1 Å². The standard InChI is InChI=1S/C21H20N4O2/c1-27-19-9-5-3-7-16(19)23-15-12-17(24-20(22)13-15)21(26)25-11-10-14-6-2-4-8-18(14)25/h2-9,12-13H,10-11H2,1H3,(H3,22,23,24). The zero-order chi connectivity index (χ0) is 18.8. The summed E-state index contributed by atoms with van der Waals surface area (Å²) in [5.74, 6) is 0.829. The van der Waals surface area contributed by atoms with Gasteiger partial charge in [-0.1, -0.05) is 30.3 Å². The van der Waals surface area contributed by atoms with Gasteiger partial charge in [-0.05, 0) is 36.2 Å². The van der Waals surface area contributed by atoms with E-state index >= 15 is 0 Å². The van der Waals surface area contributed by atoms with E-state index in [9.17, 15) is 4.79 Å². The maximum absolute atomic E-state index is 13.0. The molecule has 136 valence electrons. The van der Waals surface area contributed by atoms with E-state index in [0.717, 1.165) is 17.8 Å². The number of fused-ring (bicyclic) bond motifs is 1. The van der Waals surface area contributed by atoms with Crippen molar-refractivity contribution in [1.82, 2.24) is 4.98 Å². The van der Waals surface area contributed by atoms with Gasteiger partial charge in [-0.25, -0.2) is 4.98 Å². The fourth-order valence-corrected chi connectivity index (χ4v) is 3.32. The molecular formula is C21H20N4O2. The van der Waals surface area contributed by atoms with E-state index < -0.39 is 0 Å². The highest BCUT2D eigenvalue weighted by atomic mass is 16.5. The minimum atomic E-state index is -0.157. The highest BCUT2D eigenvalue weighted by molar-refractivity contribution is 6.06. The van der Waals surface area contributed by atoms with Crippen LogP contribution < -0.4 is 20.7 Å². The Hall–Kier alpha value is -3.54. The topological polar surface area (TPSA) is 80.5 Å². The van der Waals surface area contributed by atoms with Crippen LogP contribution in [0.15, 0.2) is 60.7 Å². The summed E-state index contributed by atoms with van der Waals surface area (Å²) < 4.78 is 5.36. The number of hydrogen-bond donors (Lipinski definition) is 2. The van der Waals surface area contributed by atoms with Gasteiger partial charge in [0.2, 0.25) is 0 Å². The lowest BCUT2D eigenvalue weighted by molar-refractivity contribution is 0.0985. The zero-order valence-corrected chi connectivity index (χ0v) is 15.0. The molecule has 3 N–H and O–H groups in total. The lowest BCUT2D eigenvalue weighted by Crippen LogP contribution is -2.29. The molecule has 0 bridgehead atoms. The second-order valence-electron chi connectivity index (χ2n) is 6.33. The van der Waals surface area contributed by atoms with Crippen molar-refractivity contribution in [1.29, 1.82) is 0 Å². The van der Waals surface area contributed by atoms with Crippen LogP contribution in [-0.2, 0) is 6.42 Å². The second kappa shape index (κ2) is 6.99. The molecule has 1 aliphatic heterocycles. The molecule has 0 aliphatic carbocycles.